The van der Waals surface area contributed by atoms with Crippen molar-refractivity contribution >= 4 is 17.1 Å². The molecule has 2 rings (SSSR count). The van der Waals surface area contributed by atoms with Crippen molar-refractivity contribution < 1.29 is 9.53 Å². The van der Waals surface area contributed by atoms with Gasteiger partial charge in [-0.25, -0.2) is 0 Å². The van der Waals surface area contributed by atoms with Crippen molar-refractivity contribution in [1.29, 1.82) is 0 Å². The second-order valence-corrected chi connectivity index (χ2v) is 4.15. The molecule has 0 saturated heterocycles. The molecule has 0 bridgehead atoms. The van der Waals surface area contributed by atoms with Gasteiger partial charge in [0.25, 0.3) is 0 Å². The Labute approximate surface area is 101 Å². The molecule has 0 aromatic heterocycles. The molecule has 0 amide bonds. The molecule has 2 aromatic rings. The molecule has 2 nitrogen and oxygen atoms in total. The van der Waals surface area contributed by atoms with Gasteiger partial charge in [0.05, 0.1) is 11.7 Å². The Bertz CT molecular complexity index is 531. The quantitative estimate of drug-likeness (QED) is 0.743. The van der Waals surface area contributed by atoms with Crippen molar-refractivity contribution in [2.45, 2.75) is 26.4 Å². The molecule has 0 spiro atoms. The van der Waals surface area contributed by atoms with Gasteiger partial charge in [-0.2, -0.15) is 0 Å². The molecule has 0 saturated carbocycles. The molecule has 0 radical (unpaired) electrons. The lowest BCUT2D eigenvalue weighted by Crippen LogP contribution is -2.11. The topological polar surface area (TPSA) is 26.3 Å². The van der Waals surface area contributed by atoms with Gasteiger partial charge in [0, 0.05) is 0 Å². The van der Waals surface area contributed by atoms with E-state index in [1.807, 2.05) is 43.3 Å². The van der Waals surface area contributed by atoms with E-state index in [1.165, 1.54) is 0 Å². The van der Waals surface area contributed by atoms with Crippen LogP contribution in [0.15, 0.2) is 36.4 Å². The van der Waals surface area contributed by atoms with E-state index in [-0.39, 0.29) is 6.10 Å². The highest BCUT2D eigenvalue weighted by Crippen LogP contribution is 2.27. The summed E-state index contributed by atoms with van der Waals surface area (Å²) in [6.07, 6.45) is 1.92. The number of benzene rings is 2. The molecule has 0 fully saturated rings. The van der Waals surface area contributed by atoms with Crippen molar-refractivity contribution in [3.05, 3.63) is 42.0 Å². The van der Waals surface area contributed by atoms with Crippen LogP contribution in [0.2, 0.25) is 0 Å². The first-order valence-corrected chi connectivity index (χ1v) is 5.89. The first kappa shape index (κ1) is 11.6. The van der Waals surface area contributed by atoms with Gasteiger partial charge in [-0.15, -0.1) is 0 Å². The van der Waals surface area contributed by atoms with Crippen LogP contribution in [0.1, 0.15) is 30.6 Å². The van der Waals surface area contributed by atoms with Gasteiger partial charge >= 0.3 is 0 Å². The number of aldehydes is 1. The predicted octanol–water partition coefficient (Wildman–Crippen LogP) is 3.83. The van der Waals surface area contributed by atoms with Gasteiger partial charge in [0.1, 0.15) is 5.75 Å². The van der Waals surface area contributed by atoms with E-state index in [0.717, 1.165) is 23.5 Å². The van der Waals surface area contributed by atoms with Crippen LogP contribution in [-0.4, -0.2) is 12.4 Å². The van der Waals surface area contributed by atoms with E-state index >= 15 is 0 Å². The second kappa shape index (κ2) is 5.00. The Morgan fingerprint density at radius 2 is 2.00 bits per heavy atom. The maximum absolute atomic E-state index is 11.2. The van der Waals surface area contributed by atoms with Crippen LogP contribution >= 0.6 is 0 Å². The van der Waals surface area contributed by atoms with E-state index in [0.29, 0.717) is 11.3 Å². The molecule has 88 valence electrons. The molecule has 0 heterocycles. The number of fused-ring (bicyclic) bond motifs is 1. The largest absolute Gasteiger partial charge is 0.490 e. The minimum Gasteiger partial charge on any atom is -0.490 e. The number of hydrogen-bond donors (Lipinski definition) is 0. The van der Waals surface area contributed by atoms with Crippen molar-refractivity contribution in [3.8, 4) is 5.75 Å². The van der Waals surface area contributed by atoms with Gasteiger partial charge in [-0.1, -0.05) is 37.3 Å². The molecular weight excluding hydrogens is 212 g/mol. The Hall–Kier alpha value is -1.83. The average Bonchev–Trinajstić information content (AvgIpc) is 2.38. The molecule has 17 heavy (non-hydrogen) atoms. The first-order valence-electron chi connectivity index (χ1n) is 5.89. The minimum absolute atomic E-state index is 0.120. The predicted molar refractivity (Wildman–Crippen MR) is 69.7 cm³/mol. The molecule has 0 aliphatic heterocycles. The number of ether oxygens (including phenoxy) is 1. The van der Waals surface area contributed by atoms with Gasteiger partial charge < -0.3 is 4.74 Å². The highest BCUT2D eigenvalue weighted by molar-refractivity contribution is 6.00. The lowest BCUT2D eigenvalue weighted by molar-refractivity contribution is 0.111. The van der Waals surface area contributed by atoms with Crippen molar-refractivity contribution in [2.24, 2.45) is 0 Å². The minimum atomic E-state index is 0.120. The Morgan fingerprint density at radius 1 is 1.24 bits per heavy atom. The maximum atomic E-state index is 11.2. The summed E-state index contributed by atoms with van der Waals surface area (Å²) >= 11 is 0. The lowest BCUT2D eigenvalue weighted by Gasteiger charge is -2.15. The van der Waals surface area contributed by atoms with E-state index < -0.39 is 0 Å². The molecule has 0 unspecified atom stereocenters. The van der Waals surface area contributed by atoms with Crippen molar-refractivity contribution in [2.75, 3.05) is 0 Å². The SMILES string of the molecule is CC[C@H](C)Oc1ccc2ccccc2c1C=O. The fraction of sp³-hybridized carbons (Fsp3) is 0.267. The summed E-state index contributed by atoms with van der Waals surface area (Å²) in [6, 6.07) is 11.7. The van der Waals surface area contributed by atoms with Crippen LogP contribution in [-0.2, 0) is 0 Å². The zero-order valence-corrected chi connectivity index (χ0v) is 10.1. The summed E-state index contributed by atoms with van der Waals surface area (Å²) in [5.74, 6) is 0.674. The third-order valence-corrected chi connectivity index (χ3v) is 2.95. The Morgan fingerprint density at radius 3 is 2.71 bits per heavy atom. The maximum Gasteiger partial charge on any atom is 0.154 e. The summed E-state index contributed by atoms with van der Waals surface area (Å²) in [6.45, 7) is 4.07. The van der Waals surface area contributed by atoms with Gasteiger partial charge in [0.15, 0.2) is 6.29 Å². The second-order valence-electron chi connectivity index (χ2n) is 4.15. The smallest absolute Gasteiger partial charge is 0.154 e. The Kier molecular flexibility index (Phi) is 3.43. The van der Waals surface area contributed by atoms with Gasteiger partial charge in [-0.05, 0) is 30.2 Å². The van der Waals surface area contributed by atoms with Crippen LogP contribution in [0.3, 0.4) is 0 Å². The summed E-state index contributed by atoms with van der Waals surface area (Å²) in [5.41, 5.74) is 0.642. The Balaban J connectivity index is 2.53. The molecule has 2 aromatic carbocycles. The zero-order valence-electron chi connectivity index (χ0n) is 10.1. The average molecular weight is 228 g/mol. The highest BCUT2D eigenvalue weighted by atomic mass is 16.5. The fourth-order valence-corrected chi connectivity index (χ4v) is 1.80. The number of rotatable bonds is 4. The summed E-state index contributed by atoms with van der Waals surface area (Å²) in [4.78, 5) is 11.2. The lowest BCUT2D eigenvalue weighted by atomic mass is 10.0. The molecular formula is C15H16O2. The van der Waals surface area contributed by atoms with Crippen molar-refractivity contribution in [1.82, 2.24) is 0 Å². The fourth-order valence-electron chi connectivity index (χ4n) is 1.80. The van der Waals surface area contributed by atoms with Crippen LogP contribution in [0.25, 0.3) is 10.8 Å². The summed E-state index contributed by atoms with van der Waals surface area (Å²) in [7, 11) is 0. The van der Waals surface area contributed by atoms with Crippen LogP contribution in [0, 0.1) is 0 Å². The van der Waals surface area contributed by atoms with Gasteiger partial charge in [-0.3, -0.25) is 4.79 Å². The van der Waals surface area contributed by atoms with E-state index in [1.54, 1.807) is 0 Å². The normalized spacial score (nSPS) is 12.4. The number of carbonyl (C=O) groups is 1. The van der Waals surface area contributed by atoms with E-state index in [4.69, 9.17) is 4.74 Å². The van der Waals surface area contributed by atoms with Crippen LogP contribution < -0.4 is 4.74 Å². The number of carbonyl (C=O) groups excluding carboxylic acids is 1. The first-order chi connectivity index (χ1) is 8.26. The van der Waals surface area contributed by atoms with Crippen LogP contribution in [0.4, 0.5) is 0 Å². The zero-order chi connectivity index (χ0) is 12.3. The standard InChI is InChI=1S/C15H16O2/c1-3-11(2)17-15-9-8-12-6-4-5-7-13(12)14(15)10-16/h4-11H,3H2,1-2H3/t11-/m0/s1. The summed E-state index contributed by atoms with van der Waals surface area (Å²) < 4.78 is 5.76. The molecule has 1 atom stereocenters. The van der Waals surface area contributed by atoms with E-state index in [9.17, 15) is 4.79 Å². The molecule has 0 aliphatic carbocycles. The monoisotopic (exact) mass is 228 g/mol. The van der Waals surface area contributed by atoms with E-state index in [2.05, 4.69) is 6.92 Å². The van der Waals surface area contributed by atoms with Crippen LogP contribution in [0.5, 0.6) is 5.75 Å². The highest BCUT2D eigenvalue weighted by Gasteiger charge is 2.09. The number of hydrogen-bond acceptors (Lipinski definition) is 2. The third kappa shape index (κ3) is 2.31. The molecule has 0 N–H and O–H groups in total. The molecule has 0 aliphatic rings. The third-order valence-electron chi connectivity index (χ3n) is 2.95. The molecule has 2 heteroatoms. The van der Waals surface area contributed by atoms with Gasteiger partial charge in [0.2, 0.25) is 0 Å². The van der Waals surface area contributed by atoms with Crippen molar-refractivity contribution in [3.63, 3.8) is 0 Å². The summed E-state index contributed by atoms with van der Waals surface area (Å²) in [5, 5.41) is 2.01.